The van der Waals surface area contributed by atoms with E-state index in [1.807, 2.05) is 18.5 Å². The maximum Gasteiger partial charge on any atom is 0.144 e. The van der Waals surface area contributed by atoms with Crippen LogP contribution in [-0.4, -0.2) is 9.38 Å². The van der Waals surface area contributed by atoms with Gasteiger partial charge in [-0.25, -0.2) is 4.98 Å². The first kappa shape index (κ1) is 11.0. The first-order valence-corrected chi connectivity index (χ1v) is 6.28. The van der Waals surface area contributed by atoms with Gasteiger partial charge in [-0.2, -0.15) is 0 Å². The number of imidazole rings is 1. The van der Waals surface area contributed by atoms with Crippen LogP contribution in [0.15, 0.2) is 55.0 Å². The minimum absolute atomic E-state index is 0.513. The van der Waals surface area contributed by atoms with E-state index in [1.165, 1.54) is 16.7 Å². The molecule has 18 heavy (non-hydrogen) atoms. The predicted molar refractivity (Wildman–Crippen MR) is 74.7 cm³/mol. The van der Waals surface area contributed by atoms with Crippen LogP contribution >= 0.6 is 0 Å². The molecule has 0 aliphatic heterocycles. The molecule has 0 aliphatic carbocycles. The normalized spacial score (nSPS) is 11.3. The second-order valence-corrected chi connectivity index (χ2v) is 4.87. The molecular formula is C16H16N2. The molecule has 0 atom stereocenters. The lowest BCUT2D eigenvalue weighted by molar-refractivity contribution is 0.854. The van der Waals surface area contributed by atoms with Gasteiger partial charge in [-0.15, -0.1) is 0 Å². The van der Waals surface area contributed by atoms with Gasteiger partial charge in [-0.3, -0.25) is 0 Å². The van der Waals surface area contributed by atoms with Crippen LogP contribution in [0.3, 0.4) is 0 Å². The van der Waals surface area contributed by atoms with Crippen LogP contribution in [0.2, 0.25) is 0 Å². The number of benzene rings is 1. The van der Waals surface area contributed by atoms with Gasteiger partial charge < -0.3 is 4.40 Å². The van der Waals surface area contributed by atoms with Crippen LogP contribution in [0.5, 0.6) is 0 Å². The number of fused-ring (bicyclic) bond motifs is 1. The van der Waals surface area contributed by atoms with Gasteiger partial charge in [0.1, 0.15) is 5.65 Å². The summed E-state index contributed by atoms with van der Waals surface area (Å²) >= 11 is 0. The van der Waals surface area contributed by atoms with E-state index in [0.717, 1.165) is 5.65 Å². The summed E-state index contributed by atoms with van der Waals surface area (Å²) in [7, 11) is 0. The van der Waals surface area contributed by atoms with Crippen molar-refractivity contribution in [3.63, 3.8) is 0 Å². The molecule has 0 unspecified atom stereocenters. The fourth-order valence-corrected chi connectivity index (χ4v) is 2.20. The minimum Gasteiger partial charge on any atom is -0.306 e. The molecule has 2 heterocycles. The Labute approximate surface area is 107 Å². The smallest absolute Gasteiger partial charge is 0.144 e. The van der Waals surface area contributed by atoms with Crippen molar-refractivity contribution < 1.29 is 0 Å². The van der Waals surface area contributed by atoms with Gasteiger partial charge in [0, 0.05) is 24.2 Å². The highest BCUT2D eigenvalue weighted by molar-refractivity contribution is 5.78. The van der Waals surface area contributed by atoms with Crippen molar-refractivity contribution in [1.29, 1.82) is 0 Å². The van der Waals surface area contributed by atoms with Crippen molar-refractivity contribution in [3.8, 4) is 11.1 Å². The van der Waals surface area contributed by atoms with E-state index < -0.39 is 0 Å². The Morgan fingerprint density at radius 2 is 1.89 bits per heavy atom. The highest BCUT2D eigenvalue weighted by Crippen LogP contribution is 2.27. The maximum absolute atomic E-state index is 4.46. The average molecular weight is 236 g/mol. The monoisotopic (exact) mass is 236 g/mol. The molecule has 0 spiro atoms. The minimum atomic E-state index is 0.513. The Morgan fingerprint density at radius 1 is 1.11 bits per heavy atom. The largest absolute Gasteiger partial charge is 0.306 e. The van der Waals surface area contributed by atoms with Gasteiger partial charge in [0.05, 0.1) is 0 Å². The summed E-state index contributed by atoms with van der Waals surface area (Å²) in [6, 6.07) is 12.7. The number of aromatic nitrogens is 2. The van der Waals surface area contributed by atoms with Gasteiger partial charge in [-0.1, -0.05) is 44.2 Å². The molecule has 90 valence electrons. The average Bonchev–Trinajstić information content (AvgIpc) is 2.86. The molecule has 2 heteroatoms. The van der Waals surface area contributed by atoms with E-state index in [9.17, 15) is 0 Å². The van der Waals surface area contributed by atoms with Crippen molar-refractivity contribution in [1.82, 2.24) is 9.38 Å². The molecule has 0 saturated carbocycles. The third-order valence-electron chi connectivity index (χ3n) is 3.26. The maximum atomic E-state index is 4.46. The zero-order valence-electron chi connectivity index (χ0n) is 10.7. The molecule has 2 nitrogen and oxygen atoms in total. The highest BCUT2D eigenvalue weighted by Gasteiger charge is 2.09. The molecule has 0 saturated heterocycles. The summed E-state index contributed by atoms with van der Waals surface area (Å²) in [6.45, 7) is 4.43. The number of hydrogen-bond acceptors (Lipinski definition) is 1. The lowest BCUT2D eigenvalue weighted by Gasteiger charge is -2.11. The Morgan fingerprint density at radius 3 is 2.61 bits per heavy atom. The third-order valence-corrected chi connectivity index (χ3v) is 3.26. The fraction of sp³-hybridized carbons (Fsp3) is 0.188. The first-order valence-electron chi connectivity index (χ1n) is 6.28. The summed E-state index contributed by atoms with van der Waals surface area (Å²) < 4.78 is 2.11. The first-order chi connectivity index (χ1) is 8.75. The molecule has 3 rings (SSSR count). The Kier molecular flexibility index (Phi) is 2.63. The highest BCUT2D eigenvalue weighted by atomic mass is 15.0. The van der Waals surface area contributed by atoms with E-state index in [1.54, 1.807) is 0 Å². The van der Waals surface area contributed by atoms with E-state index in [2.05, 4.69) is 59.8 Å². The van der Waals surface area contributed by atoms with E-state index in [0.29, 0.717) is 5.92 Å². The summed E-state index contributed by atoms with van der Waals surface area (Å²) in [5, 5.41) is 0. The number of nitrogens with zero attached hydrogens (tertiary/aromatic N) is 2. The van der Waals surface area contributed by atoms with Gasteiger partial charge in [0.15, 0.2) is 0 Å². The van der Waals surface area contributed by atoms with Crippen LogP contribution in [0.4, 0.5) is 0 Å². The number of pyridine rings is 1. The summed E-state index contributed by atoms with van der Waals surface area (Å²) in [5.41, 5.74) is 4.77. The molecule has 0 aliphatic rings. The SMILES string of the molecule is CC(C)c1cc(-c2ccccc2)c2nccn2c1. The van der Waals surface area contributed by atoms with E-state index in [-0.39, 0.29) is 0 Å². The quantitative estimate of drug-likeness (QED) is 0.654. The summed E-state index contributed by atoms with van der Waals surface area (Å²) in [4.78, 5) is 4.46. The second-order valence-electron chi connectivity index (χ2n) is 4.87. The van der Waals surface area contributed by atoms with Gasteiger partial charge in [0.25, 0.3) is 0 Å². The number of rotatable bonds is 2. The lowest BCUT2D eigenvalue weighted by atomic mass is 10.00. The lowest BCUT2D eigenvalue weighted by Crippen LogP contribution is -1.95. The van der Waals surface area contributed by atoms with E-state index in [4.69, 9.17) is 0 Å². The zero-order chi connectivity index (χ0) is 12.5. The molecule has 0 bridgehead atoms. The Bertz CT molecular complexity index is 666. The molecule has 3 aromatic rings. The van der Waals surface area contributed by atoms with Crippen LogP contribution in [0.25, 0.3) is 16.8 Å². The summed E-state index contributed by atoms with van der Waals surface area (Å²) in [6.07, 6.45) is 6.03. The molecular weight excluding hydrogens is 220 g/mol. The standard InChI is InChI=1S/C16H16N2/c1-12(2)14-10-15(13-6-4-3-5-7-13)16-17-8-9-18(16)11-14/h3-12H,1-2H3. The number of hydrogen-bond donors (Lipinski definition) is 0. The molecule has 0 radical (unpaired) electrons. The second kappa shape index (κ2) is 4.30. The van der Waals surface area contributed by atoms with Gasteiger partial charge in [-0.05, 0) is 23.1 Å². The van der Waals surface area contributed by atoms with Crippen LogP contribution in [0, 0.1) is 0 Å². The fourth-order valence-electron chi connectivity index (χ4n) is 2.20. The third kappa shape index (κ3) is 1.80. The Hall–Kier alpha value is -2.09. The van der Waals surface area contributed by atoms with Gasteiger partial charge >= 0.3 is 0 Å². The zero-order valence-corrected chi connectivity index (χ0v) is 10.7. The van der Waals surface area contributed by atoms with Crippen molar-refractivity contribution >= 4 is 5.65 Å². The molecule has 0 N–H and O–H groups in total. The summed E-state index contributed by atoms with van der Waals surface area (Å²) in [5.74, 6) is 0.513. The van der Waals surface area contributed by atoms with Crippen LogP contribution < -0.4 is 0 Å². The molecule has 1 aromatic carbocycles. The Balaban J connectivity index is 2.29. The van der Waals surface area contributed by atoms with E-state index >= 15 is 0 Å². The van der Waals surface area contributed by atoms with Crippen LogP contribution in [-0.2, 0) is 0 Å². The topological polar surface area (TPSA) is 17.3 Å². The van der Waals surface area contributed by atoms with Crippen molar-refractivity contribution in [2.45, 2.75) is 19.8 Å². The molecule has 0 amide bonds. The molecule has 0 fully saturated rings. The van der Waals surface area contributed by atoms with Crippen molar-refractivity contribution in [2.75, 3.05) is 0 Å². The molecule has 2 aromatic heterocycles. The van der Waals surface area contributed by atoms with Crippen LogP contribution in [0.1, 0.15) is 25.3 Å². The predicted octanol–water partition coefficient (Wildman–Crippen LogP) is 4.12. The van der Waals surface area contributed by atoms with Gasteiger partial charge in [0.2, 0.25) is 0 Å². The van der Waals surface area contributed by atoms with Crippen molar-refractivity contribution in [3.05, 3.63) is 60.6 Å². The van der Waals surface area contributed by atoms with Crippen molar-refractivity contribution in [2.24, 2.45) is 0 Å².